The van der Waals surface area contributed by atoms with Crippen molar-refractivity contribution >= 4 is 35.2 Å². The summed E-state index contributed by atoms with van der Waals surface area (Å²) in [5, 5.41) is 6.53. The fraction of sp³-hybridized carbons (Fsp3) is 0.350. The predicted octanol–water partition coefficient (Wildman–Crippen LogP) is 4.63. The Hall–Kier alpha value is -2.31. The number of halogens is 2. The number of nitrogens with one attached hydrogen (secondary N) is 2. The number of aryl methyl sites for hydroxylation is 1. The quantitative estimate of drug-likeness (QED) is 0.756. The zero-order chi connectivity index (χ0) is 20.6. The number of hydrogen-bond acceptors (Lipinski definition) is 4. The van der Waals surface area contributed by atoms with E-state index in [1.807, 2.05) is 0 Å². The van der Waals surface area contributed by atoms with Gasteiger partial charge in [-0.15, -0.1) is 0 Å². The maximum atomic E-state index is 12.2. The first kappa shape index (κ1) is 20.4. The smallest absolute Gasteiger partial charge is 0.407 e. The molecule has 0 bridgehead atoms. The van der Waals surface area contributed by atoms with E-state index in [-0.39, 0.29) is 12.5 Å². The average Bonchev–Trinajstić information content (AvgIpc) is 2.92. The molecule has 1 aliphatic heterocycles. The first-order valence-corrected chi connectivity index (χ1v) is 9.55. The van der Waals surface area contributed by atoms with Crippen molar-refractivity contribution in [2.45, 2.75) is 46.4 Å². The van der Waals surface area contributed by atoms with E-state index in [1.54, 1.807) is 45.9 Å². The van der Waals surface area contributed by atoms with E-state index >= 15 is 0 Å². The summed E-state index contributed by atoms with van der Waals surface area (Å²) in [6, 6.07) is 5.19. The van der Waals surface area contributed by atoms with Gasteiger partial charge in [0, 0.05) is 45.5 Å². The highest BCUT2D eigenvalue weighted by molar-refractivity contribution is 6.36. The summed E-state index contributed by atoms with van der Waals surface area (Å²) in [6.45, 7) is 7.71. The highest BCUT2D eigenvalue weighted by Gasteiger charge is 2.29. The monoisotopic (exact) mass is 421 g/mol. The van der Waals surface area contributed by atoms with E-state index < -0.39 is 11.7 Å². The Bertz CT molecular complexity index is 968. The number of alkyl carbamates (subject to hydrolysis) is 1. The number of amides is 2. The Kier molecular flexibility index (Phi) is 5.55. The van der Waals surface area contributed by atoms with Crippen LogP contribution in [0.15, 0.2) is 18.2 Å². The molecule has 0 radical (unpaired) electrons. The molecule has 148 valence electrons. The van der Waals surface area contributed by atoms with E-state index in [0.29, 0.717) is 28.0 Å². The third kappa shape index (κ3) is 4.23. The molecule has 2 heterocycles. The second kappa shape index (κ2) is 7.60. The van der Waals surface area contributed by atoms with E-state index in [4.69, 9.17) is 27.9 Å². The number of rotatable bonds is 3. The van der Waals surface area contributed by atoms with E-state index in [1.165, 1.54) is 0 Å². The van der Waals surface area contributed by atoms with Gasteiger partial charge in [-0.3, -0.25) is 4.79 Å². The summed E-state index contributed by atoms with van der Waals surface area (Å²) >= 11 is 12.5. The summed E-state index contributed by atoms with van der Waals surface area (Å²) in [4.78, 5) is 28.7. The molecule has 0 spiro atoms. The molecule has 3 rings (SSSR count). The van der Waals surface area contributed by atoms with Crippen LogP contribution in [0.4, 0.5) is 4.79 Å². The fourth-order valence-electron chi connectivity index (χ4n) is 3.10. The zero-order valence-electron chi connectivity index (χ0n) is 16.1. The number of nitrogens with zero attached hydrogens (tertiary/aromatic N) is 1. The summed E-state index contributed by atoms with van der Waals surface area (Å²) in [7, 11) is 0. The van der Waals surface area contributed by atoms with Crippen LogP contribution in [-0.4, -0.2) is 22.6 Å². The Morgan fingerprint density at radius 1 is 1.32 bits per heavy atom. The number of fused-ring (bicyclic) bond motifs is 1. The normalized spacial score (nSPS) is 13.1. The van der Waals surface area contributed by atoms with Gasteiger partial charge in [0.1, 0.15) is 11.3 Å². The van der Waals surface area contributed by atoms with Gasteiger partial charge in [-0.1, -0.05) is 29.3 Å². The van der Waals surface area contributed by atoms with Crippen LogP contribution in [0, 0.1) is 6.92 Å². The van der Waals surface area contributed by atoms with Crippen LogP contribution >= 0.6 is 23.2 Å². The lowest BCUT2D eigenvalue weighted by molar-refractivity contribution is 0.0523. The topological polar surface area (TPSA) is 80.3 Å². The molecule has 2 aromatic rings. The van der Waals surface area contributed by atoms with Crippen molar-refractivity contribution in [2.75, 3.05) is 0 Å². The van der Waals surface area contributed by atoms with E-state index in [9.17, 15) is 9.59 Å². The molecule has 0 saturated heterocycles. The molecule has 0 unspecified atom stereocenters. The molecule has 28 heavy (non-hydrogen) atoms. The number of pyridine rings is 1. The van der Waals surface area contributed by atoms with Gasteiger partial charge >= 0.3 is 6.09 Å². The van der Waals surface area contributed by atoms with Gasteiger partial charge < -0.3 is 15.4 Å². The van der Waals surface area contributed by atoms with Crippen LogP contribution in [0.2, 0.25) is 10.0 Å². The molecule has 2 N–H and O–H groups in total. The molecule has 1 aliphatic rings. The highest BCUT2D eigenvalue weighted by Crippen LogP contribution is 2.38. The molecule has 2 amide bonds. The number of aromatic nitrogens is 1. The zero-order valence-corrected chi connectivity index (χ0v) is 17.6. The first-order chi connectivity index (χ1) is 13.1. The Morgan fingerprint density at radius 3 is 2.68 bits per heavy atom. The Balaban J connectivity index is 2.07. The third-order valence-electron chi connectivity index (χ3n) is 4.26. The van der Waals surface area contributed by atoms with Crippen LogP contribution in [0.3, 0.4) is 0 Å². The number of hydrogen-bond donors (Lipinski definition) is 2. The first-order valence-electron chi connectivity index (χ1n) is 8.79. The minimum atomic E-state index is -0.603. The minimum Gasteiger partial charge on any atom is -0.444 e. The Labute approximate surface area is 173 Å². The van der Waals surface area contributed by atoms with Gasteiger partial charge in [0.15, 0.2) is 0 Å². The van der Waals surface area contributed by atoms with Crippen molar-refractivity contribution in [3.8, 4) is 11.1 Å². The Morgan fingerprint density at radius 2 is 2.04 bits per heavy atom. The molecule has 0 fully saturated rings. The SMILES string of the molecule is Cc1nc2c(c(-c3ccc(Cl)cc3Cl)c1CNC(=O)OC(C)(C)C)CNC2=O. The van der Waals surface area contributed by atoms with Crippen LogP contribution in [0.25, 0.3) is 11.1 Å². The summed E-state index contributed by atoms with van der Waals surface area (Å²) in [5.74, 6) is -0.226. The molecule has 0 saturated carbocycles. The summed E-state index contributed by atoms with van der Waals surface area (Å²) in [5.41, 5.74) is 3.43. The summed E-state index contributed by atoms with van der Waals surface area (Å²) in [6.07, 6.45) is -0.533. The lowest BCUT2D eigenvalue weighted by Crippen LogP contribution is -2.32. The molecule has 8 heteroatoms. The fourth-order valence-corrected chi connectivity index (χ4v) is 3.61. The lowest BCUT2D eigenvalue weighted by atomic mass is 9.93. The van der Waals surface area contributed by atoms with Crippen molar-refractivity contribution < 1.29 is 14.3 Å². The predicted molar refractivity (Wildman–Crippen MR) is 109 cm³/mol. The molecule has 0 aliphatic carbocycles. The second-order valence-electron chi connectivity index (χ2n) is 7.54. The van der Waals surface area contributed by atoms with Gasteiger partial charge in [0.2, 0.25) is 0 Å². The van der Waals surface area contributed by atoms with Gasteiger partial charge in [-0.2, -0.15) is 0 Å². The van der Waals surface area contributed by atoms with Crippen LogP contribution in [0.1, 0.15) is 48.1 Å². The van der Waals surface area contributed by atoms with Crippen LogP contribution < -0.4 is 10.6 Å². The minimum absolute atomic E-state index is 0.184. The molecule has 1 aromatic carbocycles. The summed E-state index contributed by atoms with van der Waals surface area (Å²) < 4.78 is 5.31. The molecule has 0 atom stereocenters. The second-order valence-corrected chi connectivity index (χ2v) is 8.38. The van der Waals surface area contributed by atoms with Gasteiger partial charge in [0.05, 0.1) is 0 Å². The number of carbonyl (C=O) groups is 2. The molecule has 1 aromatic heterocycles. The lowest BCUT2D eigenvalue weighted by Gasteiger charge is -2.21. The number of benzene rings is 1. The van der Waals surface area contributed by atoms with Crippen LogP contribution in [0.5, 0.6) is 0 Å². The maximum Gasteiger partial charge on any atom is 0.407 e. The molecular weight excluding hydrogens is 401 g/mol. The van der Waals surface area contributed by atoms with Crippen molar-refractivity contribution in [3.63, 3.8) is 0 Å². The van der Waals surface area contributed by atoms with Gasteiger partial charge in [-0.05, 0) is 45.4 Å². The van der Waals surface area contributed by atoms with Crippen molar-refractivity contribution in [1.82, 2.24) is 15.6 Å². The van der Waals surface area contributed by atoms with Gasteiger partial charge in [0.25, 0.3) is 5.91 Å². The van der Waals surface area contributed by atoms with Crippen LogP contribution in [-0.2, 0) is 17.8 Å². The van der Waals surface area contributed by atoms with Crippen molar-refractivity contribution in [2.24, 2.45) is 0 Å². The van der Waals surface area contributed by atoms with E-state index in [0.717, 1.165) is 22.3 Å². The number of carbonyl (C=O) groups excluding carboxylic acids is 2. The molecular formula is C20H21Cl2N3O3. The largest absolute Gasteiger partial charge is 0.444 e. The molecule has 6 nitrogen and oxygen atoms in total. The van der Waals surface area contributed by atoms with Crippen molar-refractivity contribution in [3.05, 3.63) is 50.8 Å². The number of ether oxygens (including phenoxy) is 1. The standard InChI is InChI=1S/C20H21Cl2N3O3/c1-10-13(8-24-19(27)28-20(2,3)4)16(12-6-5-11(21)7-15(12)22)14-9-23-18(26)17(14)25-10/h5-7H,8-9H2,1-4H3,(H,23,26)(H,24,27). The average molecular weight is 422 g/mol. The maximum absolute atomic E-state index is 12.2. The van der Waals surface area contributed by atoms with Gasteiger partial charge in [-0.25, -0.2) is 9.78 Å². The van der Waals surface area contributed by atoms with E-state index in [2.05, 4.69) is 15.6 Å². The van der Waals surface area contributed by atoms with Crippen molar-refractivity contribution in [1.29, 1.82) is 0 Å². The third-order valence-corrected chi connectivity index (χ3v) is 4.80. The highest BCUT2D eigenvalue weighted by atomic mass is 35.5.